The predicted molar refractivity (Wildman–Crippen MR) is 78.1 cm³/mol. The molecule has 0 aliphatic heterocycles. The van der Waals surface area contributed by atoms with Crippen LogP contribution in [0.1, 0.15) is 30.6 Å². The average molecular weight is 331 g/mol. The van der Waals surface area contributed by atoms with Crippen molar-refractivity contribution in [2.24, 2.45) is 0 Å². The van der Waals surface area contributed by atoms with Crippen molar-refractivity contribution in [3.8, 4) is 0 Å². The molecule has 0 fully saturated rings. The quantitative estimate of drug-likeness (QED) is 0.811. The number of amides is 3. The van der Waals surface area contributed by atoms with E-state index in [1.54, 1.807) is 6.92 Å². The van der Waals surface area contributed by atoms with E-state index < -0.39 is 30.3 Å². The minimum Gasteiger partial charge on any atom is -0.452 e. The summed E-state index contributed by atoms with van der Waals surface area (Å²) >= 11 is 5.69. The first-order valence-corrected chi connectivity index (χ1v) is 6.93. The summed E-state index contributed by atoms with van der Waals surface area (Å²) in [6.07, 6.45) is 0.708. The number of esters is 1. The first kappa shape index (κ1) is 17.9. The molecule has 0 spiro atoms. The number of hydrogen-bond acceptors (Lipinski definition) is 4. The largest absolute Gasteiger partial charge is 0.452 e. The van der Waals surface area contributed by atoms with Crippen molar-refractivity contribution in [1.82, 2.24) is 10.6 Å². The van der Waals surface area contributed by atoms with E-state index in [0.717, 1.165) is 18.2 Å². The molecule has 0 radical (unpaired) electrons. The molecule has 0 aliphatic rings. The first-order valence-electron chi connectivity index (χ1n) is 6.56. The van der Waals surface area contributed by atoms with E-state index in [1.807, 2.05) is 12.2 Å². The maximum Gasteiger partial charge on any atom is 0.340 e. The lowest BCUT2D eigenvalue weighted by atomic mass is 10.2. The van der Waals surface area contributed by atoms with Crippen LogP contribution in [0.3, 0.4) is 0 Å². The Bertz CT molecular complexity index is 580. The van der Waals surface area contributed by atoms with E-state index in [4.69, 9.17) is 16.3 Å². The second-order valence-electron chi connectivity index (χ2n) is 4.53. The Morgan fingerprint density at radius 2 is 2.05 bits per heavy atom. The lowest BCUT2D eigenvalue weighted by Crippen LogP contribution is -2.44. The number of carbonyl (C=O) groups is 3. The molecular formula is C14H16ClFN2O4. The third kappa shape index (κ3) is 5.69. The number of rotatable bonds is 5. The number of hydrogen-bond donors (Lipinski definition) is 2. The molecule has 6 nitrogen and oxygen atoms in total. The molecule has 0 heterocycles. The average Bonchev–Trinajstić information content (AvgIpc) is 2.44. The number of halogens is 2. The van der Waals surface area contributed by atoms with E-state index >= 15 is 0 Å². The highest BCUT2D eigenvalue weighted by molar-refractivity contribution is 6.33. The van der Waals surface area contributed by atoms with Crippen LogP contribution in [0.15, 0.2) is 18.2 Å². The van der Waals surface area contributed by atoms with E-state index in [0.29, 0.717) is 6.42 Å². The third-order valence-electron chi connectivity index (χ3n) is 2.73. The highest BCUT2D eigenvalue weighted by atomic mass is 35.5. The Morgan fingerprint density at radius 3 is 2.64 bits per heavy atom. The van der Waals surface area contributed by atoms with E-state index in [9.17, 15) is 18.8 Å². The summed E-state index contributed by atoms with van der Waals surface area (Å²) in [4.78, 5) is 34.5. The van der Waals surface area contributed by atoms with Gasteiger partial charge in [0.1, 0.15) is 5.82 Å². The van der Waals surface area contributed by atoms with Gasteiger partial charge in [0.25, 0.3) is 5.91 Å². The highest BCUT2D eigenvalue weighted by Crippen LogP contribution is 2.17. The fourth-order valence-corrected chi connectivity index (χ4v) is 1.63. The van der Waals surface area contributed by atoms with Gasteiger partial charge in [-0.3, -0.25) is 10.1 Å². The van der Waals surface area contributed by atoms with Gasteiger partial charge in [-0.05, 0) is 31.5 Å². The van der Waals surface area contributed by atoms with E-state index in [-0.39, 0.29) is 16.6 Å². The Hall–Kier alpha value is -2.15. The minimum absolute atomic E-state index is 0.0695. The molecule has 0 aliphatic carbocycles. The lowest BCUT2D eigenvalue weighted by Gasteiger charge is -2.12. The van der Waals surface area contributed by atoms with Crippen LogP contribution in [-0.4, -0.2) is 30.6 Å². The van der Waals surface area contributed by atoms with Crippen molar-refractivity contribution in [3.05, 3.63) is 34.6 Å². The molecule has 3 amide bonds. The van der Waals surface area contributed by atoms with Crippen molar-refractivity contribution in [1.29, 1.82) is 0 Å². The molecule has 1 aromatic rings. The number of urea groups is 1. The minimum atomic E-state index is -0.887. The fourth-order valence-electron chi connectivity index (χ4n) is 1.39. The van der Waals surface area contributed by atoms with Crippen molar-refractivity contribution in [2.45, 2.75) is 26.3 Å². The molecular weight excluding hydrogens is 315 g/mol. The van der Waals surface area contributed by atoms with E-state index in [1.165, 1.54) is 0 Å². The molecule has 1 atom stereocenters. The van der Waals surface area contributed by atoms with Crippen LogP contribution in [0.4, 0.5) is 9.18 Å². The molecule has 120 valence electrons. The summed E-state index contributed by atoms with van der Waals surface area (Å²) in [5, 5.41) is 4.41. The zero-order valence-electron chi connectivity index (χ0n) is 12.1. The molecule has 0 unspecified atom stereocenters. The topological polar surface area (TPSA) is 84.5 Å². The van der Waals surface area contributed by atoms with Crippen LogP contribution < -0.4 is 10.6 Å². The molecule has 0 bridgehead atoms. The fraction of sp³-hybridized carbons (Fsp3) is 0.357. The number of imide groups is 1. The Labute approximate surface area is 132 Å². The van der Waals surface area contributed by atoms with Gasteiger partial charge in [0.2, 0.25) is 0 Å². The van der Waals surface area contributed by atoms with Gasteiger partial charge in [0.05, 0.1) is 10.6 Å². The maximum atomic E-state index is 12.9. The van der Waals surface area contributed by atoms with E-state index in [2.05, 4.69) is 5.32 Å². The van der Waals surface area contributed by atoms with Crippen LogP contribution >= 0.6 is 11.6 Å². The Morgan fingerprint density at radius 1 is 1.36 bits per heavy atom. The first-order chi connectivity index (χ1) is 10.3. The molecule has 2 N–H and O–H groups in total. The Balaban J connectivity index is 2.46. The highest BCUT2D eigenvalue weighted by Gasteiger charge is 2.16. The van der Waals surface area contributed by atoms with Crippen molar-refractivity contribution >= 4 is 29.5 Å². The van der Waals surface area contributed by atoms with Gasteiger partial charge in [-0.25, -0.2) is 14.0 Å². The molecule has 0 aromatic heterocycles. The summed E-state index contributed by atoms with van der Waals surface area (Å²) in [5.74, 6) is -2.27. The summed E-state index contributed by atoms with van der Waals surface area (Å²) in [7, 11) is 0. The van der Waals surface area contributed by atoms with Gasteiger partial charge in [0.15, 0.2) is 6.61 Å². The second-order valence-corrected chi connectivity index (χ2v) is 4.94. The summed E-state index contributed by atoms with van der Waals surface area (Å²) < 4.78 is 17.6. The van der Waals surface area contributed by atoms with Crippen molar-refractivity contribution in [3.63, 3.8) is 0 Å². The Kier molecular flexibility index (Phi) is 6.78. The lowest BCUT2D eigenvalue weighted by molar-refractivity contribution is -0.123. The van der Waals surface area contributed by atoms with Gasteiger partial charge in [-0.1, -0.05) is 18.5 Å². The standard InChI is InChI=1S/C14H16ClFN2O4/c1-3-8(2)17-14(21)18-12(19)7-22-13(20)10-5-4-9(16)6-11(10)15/h4-6,8H,3,7H2,1-2H3,(H2,17,18,19,21)/t8-/m0/s1. The number of benzene rings is 1. The van der Waals surface area contributed by atoms with Gasteiger partial charge in [-0.15, -0.1) is 0 Å². The maximum absolute atomic E-state index is 12.9. The third-order valence-corrected chi connectivity index (χ3v) is 3.04. The van der Waals surface area contributed by atoms with Crippen LogP contribution in [-0.2, 0) is 9.53 Å². The molecule has 22 heavy (non-hydrogen) atoms. The molecule has 8 heteroatoms. The van der Waals surface area contributed by atoms with Gasteiger partial charge in [-0.2, -0.15) is 0 Å². The molecule has 1 aromatic carbocycles. The number of nitrogens with one attached hydrogen (secondary N) is 2. The normalized spacial score (nSPS) is 11.5. The molecule has 0 saturated carbocycles. The smallest absolute Gasteiger partial charge is 0.340 e. The summed E-state index contributed by atoms with van der Waals surface area (Å²) in [5.41, 5.74) is -0.0695. The zero-order valence-corrected chi connectivity index (χ0v) is 12.9. The van der Waals surface area contributed by atoms with Gasteiger partial charge < -0.3 is 10.1 Å². The van der Waals surface area contributed by atoms with Gasteiger partial charge in [0, 0.05) is 6.04 Å². The summed E-state index contributed by atoms with van der Waals surface area (Å²) in [6.45, 7) is 3.00. The van der Waals surface area contributed by atoms with Crippen LogP contribution in [0.25, 0.3) is 0 Å². The zero-order chi connectivity index (χ0) is 16.7. The van der Waals surface area contributed by atoms with Crippen molar-refractivity contribution in [2.75, 3.05) is 6.61 Å². The van der Waals surface area contributed by atoms with Crippen molar-refractivity contribution < 1.29 is 23.5 Å². The van der Waals surface area contributed by atoms with Gasteiger partial charge >= 0.3 is 12.0 Å². The monoisotopic (exact) mass is 330 g/mol. The molecule has 1 rings (SSSR count). The number of ether oxygens (including phenoxy) is 1. The van der Waals surface area contributed by atoms with Crippen LogP contribution in [0.2, 0.25) is 5.02 Å². The van der Waals surface area contributed by atoms with Crippen LogP contribution in [0, 0.1) is 5.82 Å². The SMILES string of the molecule is CC[C@H](C)NC(=O)NC(=O)COC(=O)c1ccc(F)cc1Cl. The van der Waals surface area contributed by atoms with Crippen LogP contribution in [0.5, 0.6) is 0 Å². The predicted octanol–water partition coefficient (Wildman–Crippen LogP) is 2.26. The second kappa shape index (κ2) is 8.33. The summed E-state index contributed by atoms with van der Waals surface area (Å²) in [6, 6.07) is 2.39. The molecule has 0 saturated heterocycles. The number of carbonyl (C=O) groups excluding carboxylic acids is 3.